The first-order valence-electron chi connectivity index (χ1n) is 12.1. The molecule has 0 spiro atoms. The van der Waals surface area contributed by atoms with Crippen LogP contribution < -0.4 is 9.62 Å². The highest BCUT2D eigenvalue weighted by Gasteiger charge is 2.37. The molecule has 1 heterocycles. The number of thioether (sulfide) groups is 1. The number of anilines is 1. The van der Waals surface area contributed by atoms with Crippen molar-refractivity contribution in [1.82, 2.24) is 9.71 Å². The van der Waals surface area contributed by atoms with Crippen LogP contribution in [0.15, 0.2) is 112 Å². The number of aromatic nitrogens is 1. The lowest BCUT2D eigenvalue weighted by atomic mass is 9.93. The molecule has 2 rings (SSSR count). The molecule has 1 N–H and O–H groups in total. The molecule has 1 aromatic heterocycles. The molecule has 0 fully saturated rings. The van der Waals surface area contributed by atoms with Crippen LogP contribution in [0.1, 0.15) is 25.0 Å². The van der Waals surface area contributed by atoms with E-state index < -0.39 is 22.4 Å². The summed E-state index contributed by atoms with van der Waals surface area (Å²) in [6.45, 7) is 4.07. The highest BCUT2D eigenvalue weighted by atomic mass is 35.5. The van der Waals surface area contributed by atoms with E-state index in [0.717, 1.165) is 16.8 Å². The monoisotopic (exact) mass is 584 g/mol. The van der Waals surface area contributed by atoms with Gasteiger partial charge in [-0.25, -0.2) is 8.93 Å². The van der Waals surface area contributed by atoms with Crippen LogP contribution in [-0.4, -0.2) is 33.9 Å². The summed E-state index contributed by atoms with van der Waals surface area (Å²) in [5.74, 6) is -0.923. The van der Waals surface area contributed by atoms with Gasteiger partial charge in [0.2, 0.25) is 0 Å². The fourth-order valence-corrected chi connectivity index (χ4v) is 5.53. The molecule has 0 saturated heterocycles. The largest absolute Gasteiger partial charge is 0.370 e. The van der Waals surface area contributed by atoms with Gasteiger partial charge in [0.15, 0.2) is 0 Å². The van der Waals surface area contributed by atoms with Crippen molar-refractivity contribution in [3.8, 4) is 0 Å². The molecule has 2 atom stereocenters. The quantitative estimate of drug-likeness (QED) is 0.199. The lowest BCUT2D eigenvalue weighted by Gasteiger charge is -2.27. The Labute approximate surface area is 242 Å². The van der Waals surface area contributed by atoms with Gasteiger partial charge in [-0.2, -0.15) is 0 Å². The molecular formula is C29H33ClN4O3S2. The summed E-state index contributed by atoms with van der Waals surface area (Å²) >= 11 is 7.27. The maximum atomic E-state index is 13.2. The predicted octanol–water partition coefficient (Wildman–Crippen LogP) is 6.58. The van der Waals surface area contributed by atoms with Crippen molar-refractivity contribution in [2.45, 2.75) is 32.4 Å². The van der Waals surface area contributed by atoms with Crippen LogP contribution in [0.5, 0.6) is 0 Å². The van der Waals surface area contributed by atoms with Gasteiger partial charge in [-0.15, -0.1) is 16.7 Å². The Morgan fingerprint density at radius 2 is 1.90 bits per heavy atom. The average Bonchev–Trinajstić information content (AvgIpc) is 2.92. The molecule has 1 amide bonds. The molecule has 206 valence electrons. The van der Waals surface area contributed by atoms with Gasteiger partial charge in [-0.3, -0.25) is 9.78 Å². The standard InChI is InChI=1S/C29H33ClN4O3S2/c1-5-12-25(30)15-8-6-7-9-17-27(38-4)39(37)33-29(2,28(35)32-36)20-23-13-10-16-26(19-23)34(3)22-24-14-11-18-31-21-24/h5-19,21,33H,20,22H2,1-4H3/b8-6+,9-7+,12-5-,25-15+,27-17+/t29-,39?/m0/s1. The Bertz CT molecular complexity index is 1290. The molecule has 0 radical (unpaired) electrons. The van der Waals surface area contributed by atoms with Gasteiger partial charge >= 0.3 is 5.91 Å². The summed E-state index contributed by atoms with van der Waals surface area (Å²) in [4.78, 5) is 30.1. The number of benzene rings is 1. The zero-order valence-corrected chi connectivity index (χ0v) is 24.8. The van der Waals surface area contributed by atoms with Crippen molar-refractivity contribution >= 4 is 45.9 Å². The summed E-state index contributed by atoms with van der Waals surface area (Å²) in [7, 11) is 0.199. The Balaban J connectivity index is 2.17. The SMILES string of the molecule is C\C=C/C(Cl)=C\C=C\C=C\C=C(/SC)S(=O)N[C@@](C)(Cc1cccc(N(C)Cc2cccnc2)c1)C(=O)N=O. The number of carbonyl (C=O) groups excluding carboxylic acids is 1. The fraction of sp³-hybridized carbons (Fsp3) is 0.241. The molecule has 0 aliphatic carbocycles. The highest BCUT2D eigenvalue weighted by Crippen LogP contribution is 2.24. The molecule has 0 aliphatic heterocycles. The molecule has 0 bridgehead atoms. The maximum absolute atomic E-state index is 13.2. The van der Waals surface area contributed by atoms with Crippen LogP contribution in [0.3, 0.4) is 0 Å². The number of hydrogen-bond acceptors (Lipinski definition) is 6. The zero-order chi connectivity index (χ0) is 28.7. The van der Waals surface area contributed by atoms with Crippen LogP contribution in [0.2, 0.25) is 0 Å². The van der Waals surface area contributed by atoms with Crippen molar-refractivity contribution in [1.29, 1.82) is 0 Å². The van der Waals surface area contributed by atoms with E-state index in [1.165, 1.54) is 18.7 Å². The normalized spacial score (nSPS) is 15.1. The number of nitroso groups, excluding NO2 is 1. The number of halogens is 1. The first kappa shape index (κ1) is 32.1. The number of pyridine rings is 1. The Morgan fingerprint density at radius 1 is 1.18 bits per heavy atom. The van der Waals surface area contributed by atoms with Crippen molar-refractivity contribution in [2.75, 3.05) is 18.2 Å². The number of allylic oxidation sites excluding steroid dienone is 9. The summed E-state index contributed by atoms with van der Waals surface area (Å²) < 4.78 is 16.5. The topological polar surface area (TPSA) is 91.7 Å². The van der Waals surface area contributed by atoms with Crippen molar-refractivity contribution in [3.05, 3.63) is 123 Å². The first-order valence-corrected chi connectivity index (χ1v) is 14.8. The Morgan fingerprint density at radius 3 is 2.54 bits per heavy atom. The average molecular weight is 585 g/mol. The molecule has 0 saturated carbocycles. The molecule has 10 heteroatoms. The summed E-state index contributed by atoms with van der Waals surface area (Å²) in [5, 5.41) is 3.26. The first-order chi connectivity index (χ1) is 18.7. The van der Waals surface area contributed by atoms with Crippen molar-refractivity contribution < 1.29 is 9.00 Å². The van der Waals surface area contributed by atoms with Gasteiger partial charge in [0.05, 0.1) is 4.24 Å². The molecule has 2 aromatic rings. The number of carbonyl (C=O) groups is 1. The van der Waals surface area contributed by atoms with Gasteiger partial charge in [0, 0.05) is 48.3 Å². The van der Waals surface area contributed by atoms with Gasteiger partial charge in [0.25, 0.3) is 0 Å². The van der Waals surface area contributed by atoms with Crippen LogP contribution in [0, 0.1) is 4.91 Å². The predicted molar refractivity (Wildman–Crippen MR) is 166 cm³/mol. The zero-order valence-electron chi connectivity index (χ0n) is 22.4. The summed E-state index contributed by atoms with van der Waals surface area (Å²) in [6, 6.07) is 11.5. The number of hydrogen-bond donors (Lipinski definition) is 1. The van der Waals surface area contributed by atoms with Crippen LogP contribution in [0.25, 0.3) is 0 Å². The lowest BCUT2D eigenvalue weighted by molar-refractivity contribution is -0.122. The minimum atomic E-state index is -1.76. The minimum Gasteiger partial charge on any atom is -0.370 e. The highest BCUT2D eigenvalue weighted by molar-refractivity contribution is 8.15. The Kier molecular flexibility index (Phi) is 13.8. The van der Waals surface area contributed by atoms with Crippen LogP contribution in [-0.2, 0) is 28.7 Å². The summed E-state index contributed by atoms with van der Waals surface area (Å²) in [5.41, 5.74) is 1.30. The number of nitrogens with zero attached hydrogens (tertiary/aromatic N) is 3. The molecule has 7 nitrogen and oxygen atoms in total. The van der Waals surface area contributed by atoms with Crippen LogP contribution >= 0.6 is 23.4 Å². The Hall–Kier alpha value is -3.11. The fourth-order valence-electron chi connectivity index (χ4n) is 3.51. The summed E-state index contributed by atoms with van der Waals surface area (Å²) in [6.07, 6.45) is 19.6. The minimum absolute atomic E-state index is 0.122. The van der Waals surface area contributed by atoms with E-state index in [9.17, 15) is 13.9 Å². The van der Waals surface area contributed by atoms with E-state index in [0.29, 0.717) is 15.8 Å². The maximum Gasteiger partial charge on any atom is 0.307 e. The molecule has 0 aliphatic rings. The molecular weight excluding hydrogens is 552 g/mol. The lowest BCUT2D eigenvalue weighted by Crippen LogP contribution is -2.51. The van der Waals surface area contributed by atoms with Crippen LogP contribution in [0.4, 0.5) is 5.69 Å². The molecule has 1 aromatic carbocycles. The third kappa shape index (κ3) is 10.9. The van der Waals surface area contributed by atoms with Gasteiger partial charge in [-0.1, -0.05) is 60.2 Å². The number of rotatable bonds is 14. The van der Waals surface area contributed by atoms with E-state index in [4.69, 9.17) is 11.6 Å². The van der Waals surface area contributed by atoms with E-state index in [1.807, 2.05) is 62.6 Å². The van der Waals surface area contributed by atoms with Gasteiger partial charge in [-0.05, 0) is 67.7 Å². The van der Waals surface area contributed by atoms with E-state index >= 15 is 0 Å². The smallest absolute Gasteiger partial charge is 0.307 e. The van der Waals surface area contributed by atoms with E-state index in [2.05, 4.69) is 19.8 Å². The number of nitrogens with one attached hydrogen (secondary N) is 1. The third-order valence-corrected chi connectivity index (χ3v) is 8.34. The second-order valence-electron chi connectivity index (χ2n) is 8.67. The van der Waals surface area contributed by atoms with Gasteiger partial charge in [0.1, 0.15) is 16.5 Å². The third-order valence-electron chi connectivity index (χ3n) is 5.46. The molecule has 39 heavy (non-hydrogen) atoms. The second-order valence-corrected chi connectivity index (χ2v) is 11.4. The van der Waals surface area contributed by atoms with Crippen molar-refractivity contribution in [2.24, 2.45) is 5.18 Å². The number of amides is 1. The van der Waals surface area contributed by atoms with E-state index in [-0.39, 0.29) is 6.42 Å². The second kappa shape index (κ2) is 16.8. The molecule has 1 unspecified atom stereocenters. The van der Waals surface area contributed by atoms with Gasteiger partial charge < -0.3 is 4.90 Å². The van der Waals surface area contributed by atoms with E-state index in [1.54, 1.807) is 55.0 Å². The van der Waals surface area contributed by atoms with Crippen molar-refractivity contribution in [3.63, 3.8) is 0 Å².